The summed E-state index contributed by atoms with van der Waals surface area (Å²) in [5.41, 5.74) is -0.535. The molecule has 2 heterocycles. The first-order valence-corrected chi connectivity index (χ1v) is 8.86. The highest BCUT2D eigenvalue weighted by molar-refractivity contribution is 7.88. The van der Waals surface area contributed by atoms with E-state index in [0.717, 1.165) is 12.5 Å². The third-order valence-electron chi connectivity index (χ3n) is 4.06. The maximum Gasteiger partial charge on any atom is 0.273 e. The number of nitrogens with one attached hydrogen (secondary N) is 2. The number of hydrogen-bond acceptors (Lipinski definition) is 5. The van der Waals surface area contributed by atoms with Crippen molar-refractivity contribution in [2.75, 3.05) is 12.9 Å². The van der Waals surface area contributed by atoms with E-state index in [1.54, 1.807) is 0 Å². The average molecular weight is 347 g/mol. The second-order valence-corrected chi connectivity index (χ2v) is 7.47. The van der Waals surface area contributed by atoms with Crippen LogP contribution in [0.2, 0.25) is 0 Å². The van der Waals surface area contributed by atoms with Crippen molar-refractivity contribution in [3.63, 3.8) is 0 Å². The van der Waals surface area contributed by atoms with Gasteiger partial charge in [0.2, 0.25) is 10.0 Å². The average Bonchev–Trinajstić information content (AvgIpc) is 2.86. The molecule has 126 valence electrons. The summed E-state index contributed by atoms with van der Waals surface area (Å²) >= 11 is 0. The fourth-order valence-electron chi connectivity index (χ4n) is 3.09. The summed E-state index contributed by atoms with van der Waals surface area (Å²) in [6.07, 6.45) is 2.10. The minimum Gasteiger partial charge on any atom is -0.376 e. The Balaban J connectivity index is 1.76. The summed E-state index contributed by atoms with van der Waals surface area (Å²) in [4.78, 5) is 15.6. The number of hydrogen-bond donors (Lipinski definition) is 2. The van der Waals surface area contributed by atoms with Crippen LogP contribution in [-0.4, -0.2) is 50.4 Å². The molecule has 0 unspecified atom stereocenters. The number of carbonyl (C=O) groups is 1. The Bertz CT molecular complexity index is 743. The van der Waals surface area contributed by atoms with Crippen molar-refractivity contribution >= 4 is 15.9 Å². The second kappa shape index (κ2) is 5.77. The Hall–Kier alpha value is -1.65. The van der Waals surface area contributed by atoms with E-state index in [4.69, 9.17) is 4.74 Å². The zero-order valence-electron chi connectivity index (χ0n) is 12.1. The highest BCUT2D eigenvalue weighted by Crippen LogP contribution is 2.39. The number of ether oxygens (including phenoxy) is 1. The van der Waals surface area contributed by atoms with E-state index in [9.17, 15) is 22.0 Å². The van der Waals surface area contributed by atoms with Crippen molar-refractivity contribution in [2.24, 2.45) is 5.92 Å². The number of carbonyl (C=O) groups excluding carboxylic acids is 1. The minimum absolute atomic E-state index is 0.0540. The van der Waals surface area contributed by atoms with Crippen molar-refractivity contribution in [1.82, 2.24) is 15.0 Å². The highest BCUT2D eigenvalue weighted by Gasteiger charge is 2.55. The molecule has 7 nitrogen and oxygen atoms in total. The molecule has 1 saturated heterocycles. The summed E-state index contributed by atoms with van der Waals surface area (Å²) in [7, 11) is -3.49. The molecule has 1 aliphatic carbocycles. The first kappa shape index (κ1) is 16.2. The SMILES string of the molecule is CS(=O)(=O)N[C@@H]1[C@@H](NC(=O)c2ncc(F)cc2F)[C@H]2CCO[C@H]21. The van der Waals surface area contributed by atoms with E-state index in [0.29, 0.717) is 19.1 Å². The van der Waals surface area contributed by atoms with Crippen LogP contribution in [0.25, 0.3) is 0 Å². The summed E-state index contributed by atoms with van der Waals surface area (Å²) in [5.74, 6) is -2.84. The van der Waals surface area contributed by atoms with E-state index in [1.165, 1.54) is 0 Å². The third-order valence-corrected chi connectivity index (χ3v) is 4.76. The van der Waals surface area contributed by atoms with Crippen molar-refractivity contribution in [1.29, 1.82) is 0 Å². The standard InChI is InChI=1S/C13H15F2N3O4S/c1-23(20,21)18-11-9(7-2-3-22-12(7)11)17-13(19)10-8(15)4-6(14)5-16-10/h4-5,7,9,11-12,18H,2-3H2,1H3,(H,17,19)/t7-,9+,11-,12-/m1/s1. The normalized spacial score (nSPS) is 29.7. The van der Waals surface area contributed by atoms with Gasteiger partial charge in [0, 0.05) is 18.6 Å². The predicted octanol–water partition coefficient (Wildman–Crippen LogP) is -0.205. The highest BCUT2D eigenvalue weighted by atomic mass is 32.2. The monoisotopic (exact) mass is 347 g/mol. The molecule has 23 heavy (non-hydrogen) atoms. The van der Waals surface area contributed by atoms with Gasteiger partial charge in [-0.15, -0.1) is 0 Å². The van der Waals surface area contributed by atoms with Gasteiger partial charge in [-0.25, -0.2) is 26.9 Å². The van der Waals surface area contributed by atoms with Gasteiger partial charge in [0.05, 0.1) is 30.6 Å². The van der Waals surface area contributed by atoms with Crippen LogP contribution < -0.4 is 10.0 Å². The van der Waals surface area contributed by atoms with Crippen LogP contribution in [0.1, 0.15) is 16.9 Å². The molecule has 1 aromatic rings. The van der Waals surface area contributed by atoms with Gasteiger partial charge < -0.3 is 10.1 Å². The van der Waals surface area contributed by atoms with Crippen LogP contribution in [0.4, 0.5) is 8.78 Å². The smallest absolute Gasteiger partial charge is 0.273 e. The molecule has 2 fully saturated rings. The van der Waals surface area contributed by atoms with Crippen LogP contribution >= 0.6 is 0 Å². The Morgan fingerprint density at radius 3 is 2.78 bits per heavy atom. The number of rotatable bonds is 4. The third kappa shape index (κ3) is 3.19. The van der Waals surface area contributed by atoms with Crippen LogP contribution in [0.3, 0.4) is 0 Å². The number of nitrogens with zero attached hydrogens (tertiary/aromatic N) is 1. The maximum atomic E-state index is 13.6. The van der Waals surface area contributed by atoms with Crippen molar-refractivity contribution < 1.29 is 26.7 Å². The molecule has 0 aromatic carbocycles. The summed E-state index contributed by atoms with van der Waals surface area (Å²) < 4.78 is 57.2. The van der Waals surface area contributed by atoms with E-state index in [-0.39, 0.29) is 12.0 Å². The first-order chi connectivity index (χ1) is 10.8. The maximum absolute atomic E-state index is 13.6. The van der Waals surface area contributed by atoms with Gasteiger partial charge in [-0.3, -0.25) is 4.79 Å². The van der Waals surface area contributed by atoms with Gasteiger partial charge in [-0.05, 0) is 6.42 Å². The summed E-state index contributed by atoms with van der Waals surface area (Å²) in [5, 5.41) is 2.57. The molecule has 0 radical (unpaired) electrons. The molecule has 1 saturated carbocycles. The number of pyridine rings is 1. The van der Waals surface area contributed by atoms with Crippen molar-refractivity contribution in [2.45, 2.75) is 24.6 Å². The van der Waals surface area contributed by atoms with Crippen LogP contribution in [0.15, 0.2) is 12.3 Å². The lowest BCUT2D eigenvalue weighted by Crippen LogP contribution is -2.70. The molecule has 0 spiro atoms. The van der Waals surface area contributed by atoms with Gasteiger partial charge in [-0.2, -0.15) is 0 Å². The number of amides is 1. The zero-order chi connectivity index (χ0) is 16.8. The number of fused-ring (bicyclic) bond motifs is 1. The molecule has 2 aliphatic rings. The summed E-state index contributed by atoms with van der Waals surface area (Å²) in [6.45, 7) is 0.465. The van der Waals surface area contributed by atoms with E-state index in [2.05, 4.69) is 15.0 Å². The van der Waals surface area contributed by atoms with Crippen LogP contribution in [0, 0.1) is 17.6 Å². The predicted molar refractivity (Wildman–Crippen MR) is 75.0 cm³/mol. The fraction of sp³-hybridized carbons (Fsp3) is 0.538. The Morgan fingerprint density at radius 1 is 1.39 bits per heavy atom. The molecule has 4 atom stereocenters. The number of halogens is 2. The number of aromatic nitrogens is 1. The van der Waals surface area contributed by atoms with Crippen molar-refractivity contribution in [3.05, 3.63) is 29.6 Å². The lowest BCUT2D eigenvalue weighted by atomic mass is 9.72. The van der Waals surface area contributed by atoms with Gasteiger partial charge in [-0.1, -0.05) is 0 Å². The van der Waals surface area contributed by atoms with E-state index >= 15 is 0 Å². The molecule has 0 bridgehead atoms. The Labute approximate surface area is 131 Å². The summed E-state index contributed by atoms with van der Waals surface area (Å²) in [6, 6.07) is -0.586. The molecular weight excluding hydrogens is 332 g/mol. The van der Waals surface area contributed by atoms with Gasteiger partial charge in [0.25, 0.3) is 5.91 Å². The molecule has 2 N–H and O–H groups in total. The molecule has 10 heteroatoms. The topological polar surface area (TPSA) is 97.4 Å². The first-order valence-electron chi connectivity index (χ1n) is 6.97. The van der Waals surface area contributed by atoms with Crippen LogP contribution in [-0.2, 0) is 14.8 Å². The van der Waals surface area contributed by atoms with Crippen molar-refractivity contribution in [3.8, 4) is 0 Å². The van der Waals surface area contributed by atoms with Crippen LogP contribution in [0.5, 0.6) is 0 Å². The van der Waals surface area contributed by atoms with E-state index in [1.807, 2.05) is 0 Å². The Kier molecular flexibility index (Phi) is 4.07. The molecular formula is C13H15F2N3O4S. The lowest BCUT2D eigenvalue weighted by Gasteiger charge is -2.47. The fourth-order valence-corrected chi connectivity index (χ4v) is 3.87. The number of sulfonamides is 1. The Morgan fingerprint density at radius 2 is 2.13 bits per heavy atom. The molecule has 1 aromatic heterocycles. The van der Waals surface area contributed by atoms with Gasteiger partial charge in [0.15, 0.2) is 11.5 Å². The van der Waals surface area contributed by atoms with Gasteiger partial charge in [0.1, 0.15) is 5.82 Å². The van der Waals surface area contributed by atoms with Gasteiger partial charge >= 0.3 is 0 Å². The van der Waals surface area contributed by atoms with E-state index < -0.39 is 45.3 Å². The molecule has 3 rings (SSSR count). The largest absolute Gasteiger partial charge is 0.376 e. The molecule has 1 amide bonds. The second-order valence-electron chi connectivity index (χ2n) is 5.69. The molecule has 1 aliphatic heterocycles. The lowest BCUT2D eigenvalue weighted by molar-refractivity contribution is -0.0195. The quantitative estimate of drug-likeness (QED) is 0.786. The minimum atomic E-state index is -3.49. The zero-order valence-corrected chi connectivity index (χ0v) is 12.9.